The van der Waals surface area contributed by atoms with Gasteiger partial charge in [-0.15, -0.1) is 0 Å². The molecule has 1 saturated carbocycles. The molecule has 3 heteroatoms. The van der Waals surface area contributed by atoms with Crippen LogP contribution in [0.3, 0.4) is 0 Å². The molecule has 1 fully saturated rings. The molecule has 3 nitrogen and oxygen atoms in total. The quantitative estimate of drug-likeness (QED) is 0.896. The van der Waals surface area contributed by atoms with Gasteiger partial charge in [-0.2, -0.15) is 0 Å². The molecule has 1 aromatic heterocycles. The summed E-state index contributed by atoms with van der Waals surface area (Å²) in [4.78, 5) is 11.2. The van der Waals surface area contributed by atoms with Crippen LogP contribution in [0, 0.1) is 18.8 Å². The van der Waals surface area contributed by atoms with E-state index < -0.39 is 5.97 Å². The van der Waals surface area contributed by atoms with E-state index in [2.05, 4.69) is 6.92 Å². The Labute approximate surface area is 105 Å². The molecule has 0 saturated heterocycles. The van der Waals surface area contributed by atoms with Gasteiger partial charge in [0.25, 0.3) is 0 Å². The molecule has 1 aliphatic rings. The summed E-state index contributed by atoms with van der Waals surface area (Å²) < 4.78 is 5.48. The van der Waals surface area contributed by atoms with Gasteiger partial charge in [0, 0.05) is 5.39 Å². The van der Waals surface area contributed by atoms with Gasteiger partial charge in [-0.3, -0.25) is 0 Å². The van der Waals surface area contributed by atoms with E-state index in [-0.39, 0.29) is 0 Å². The van der Waals surface area contributed by atoms with Gasteiger partial charge in [-0.05, 0) is 49.3 Å². The zero-order valence-corrected chi connectivity index (χ0v) is 10.6. The second-order valence-corrected chi connectivity index (χ2v) is 5.35. The van der Waals surface area contributed by atoms with Crippen molar-refractivity contribution in [2.45, 2.75) is 26.7 Å². The fourth-order valence-electron chi connectivity index (χ4n) is 2.65. The summed E-state index contributed by atoms with van der Waals surface area (Å²) >= 11 is 0. The van der Waals surface area contributed by atoms with E-state index in [0.29, 0.717) is 16.9 Å². The number of fused-ring (bicyclic) bond motifs is 1. The molecule has 2 unspecified atom stereocenters. The maximum absolute atomic E-state index is 11.2. The van der Waals surface area contributed by atoms with Crippen molar-refractivity contribution in [2.75, 3.05) is 0 Å². The Bertz CT molecular complexity index is 624. The first-order valence-electron chi connectivity index (χ1n) is 6.31. The number of benzene rings is 1. The first-order valence-corrected chi connectivity index (χ1v) is 6.31. The lowest BCUT2D eigenvalue weighted by Crippen LogP contribution is -1.97. The SMILES string of the molecule is Cc1oc2ccc(CC3CC3C)cc2c1C(=O)O. The third kappa shape index (κ3) is 1.80. The summed E-state index contributed by atoms with van der Waals surface area (Å²) in [6.45, 7) is 3.96. The summed E-state index contributed by atoms with van der Waals surface area (Å²) in [7, 11) is 0. The van der Waals surface area contributed by atoms with Crippen molar-refractivity contribution in [1.82, 2.24) is 0 Å². The van der Waals surface area contributed by atoms with Crippen molar-refractivity contribution >= 4 is 16.9 Å². The van der Waals surface area contributed by atoms with E-state index in [1.807, 2.05) is 18.2 Å². The van der Waals surface area contributed by atoms with Gasteiger partial charge >= 0.3 is 5.97 Å². The van der Waals surface area contributed by atoms with Crippen LogP contribution >= 0.6 is 0 Å². The Balaban J connectivity index is 2.04. The minimum absolute atomic E-state index is 0.302. The van der Waals surface area contributed by atoms with Gasteiger partial charge in [0.15, 0.2) is 0 Å². The lowest BCUT2D eigenvalue weighted by Gasteiger charge is -2.00. The molecular weight excluding hydrogens is 228 g/mol. The fourth-order valence-corrected chi connectivity index (χ4v) is 2.65. The molecule has 0 amide bonds. The number of carboxylic acids is 1. The molecule has 1 aromatic carbocycles. The highest BCUT2D eigenvalue weighted by molar-refractivity contribution is 6.03. The van der Waals surface area contributed by atoms with Gasteiger partial charge in [0.2, 0.25) is 0 Å². The van der Waals surface area contributed by atoms with Crippen molar-refractivity contribution in [3.05, 3.63) is 35.1 Å². The molecule has 1 aliphatic carbocycles. The fraction of sp³-hybridized carbons (Fsp3) is 0.400. The van der Waals surface area contributed by atoms with Crippen LogP contribution in [0.15, 0.2) is 22.6 Å². The van der Waals surface area contributed by atoms with E-state index in [0.717, 1.165) is 23.6 Å². The predicted molar refractivity (Wildman–Crippen MR) is 68.9 cm³/mol. The molecule has 0 radical (unpaired) electrons. The third-order valence-electron chi connectivity index (χ3n) is 3.92. The highest BCUT2D eigenvalue weighted by Crippen LogP contribution is 2.40. The van der Waals surface area contributed by atoms with Crippen LogP contribution in [0.25, 0.3) is 11.0 Å². The van der Waals surface area contributed by atoms with Gasteiger partial charge in [0.1, 0.15) is 16.9 Å². The molecule has 3 rings (SSSR count). The normalized spacial score (nSPS) is 22.3. The largest absolute Gasteiger partial charge is 0.478 e. The van der Waals surface area contributed by atoms with Gasteiger partial charge in [-0.1, -0.05) is 13.0 Å². The number of rotatable bonds is 3. The monoisotopic (exact) mass is 244 g/mol. The molecule has 94 valence electrons. The second-order valence-electron chi connectivity index (χ2n) is 5.35. The minimum atomic E-state index is -0.914. The Kier molecular flexibility index (Phi) is 2.44. The van der Waals surface area contributed by atoms with Crippen LogP contribution in [0.4, 0.5) is 0 Å². The number of aryl methyl sites for hydroxylation is 1. The minimum Gasteiger partial charge on any atom is -0.478 e. The number of furan rings is 1. The standard InChI is InChI=1S/C15H16O3/c1-8-5-11(8)6-10-3-4-13-12(7-10)14(15(16)17)9(2)18-13/h3-4,7-8,11H,5-6H2,1-2H3,(H,16,17). The van der Waals surface area contributed by atoms with Crippen molar-refractivity contribution in [3.63, 3.8) is 0 Å². The smallest absolute Gasteiger partial charge is 0.339 e. The molecule has 0 spiro atoms. The van der Waals surface area contributed by atoms with Crippen LogP contribution in [-0.2, 0) is 6.42 Å². The molecule has 18 heavy (non-hydrogen) atoms. The molecule has 0 bridgehead atoms. The molecule has 1 N–H and O–H groups in total. The number of hydrogen-bond donors (Lipinski definition) is 1. The first kappa shape index (κ1) is 11.3. The van der Waals surface area contributed by atoms with Crippen LogP contribution in [0.5, 0.6) is 0 Å². The Hall–Kier alpha value is -1.77. The Morgan fingerprint density at radius 2 is 2.22 bits per heavy atom. The average Bonchev–Trinajstić information content (AvgIpc) is 2.87. The predicted octanol–water partition coefficient (Wildman–Crippen LogP) is 3.64. The van der Waals surface area contributed by atoms with Gasteiger partial charge < -0.3 is 9.52 Å². The van der Waals surface area contributed by atoms with Gasteiger partial charge in [-0.25, -0.2) is 4.79 Å². The van der Waals surface area contributed by atoms with Crippen LogP contribution in [0.1, 0.15) is 35.0 Å². The molecule has 1 heterocycles. The number of carboxylic acid groups (broad SMARTS) is 1. The molecule has 2 aromatic rings. The van der Waals surface area contributed by atoms with Gasteiger partial charge in [0.05, 0.1) is 0 Å². The Morgan fingerprint density at radius 1 is 1.50 bits per heavy atom. The third-order valence-corrected chi connectivity index (χ3v) is 3.92. The first-order chi connectivity index (χ1) is 8.56. The van der Waals surface area contributed by atoms with E-state index in [1.54, 1.807) is 6.92 Å². The summed E-state index contributed by atoms with van der Waals surface area (Å²) in [5, 5.41) is 9.95. The Morgan fingerprint density at radius 3 is 2.83 bits per heavy atom. The topological polar surface area (TPSA) is 50.4 Å². The lowest BCUT2D eigenvalue weighted by molar-refractivity contribution is 0.0697. The lowest BCUT2D eigenvalue weighted by atomic mass is 10.0. The van der Waals surface area contributed by atoms with Crippen LogP contribution < -0.4 is 0 Å². The highest BCUT2D eigenvalue weighted by Gasteiger charge is 2.32. The highest BCUT2D eigenvalue weighted by atomic mass is 16.4. The van der Waals surface area contributed by atoms with Crippen LogP contribution in [-0.4, -0.2) is 11.1 Å². The summed E-state index contributed by atoms with van der Waals surface area (Å²) in [5.74, 6) is 1.15. The summed E-state index contributed by atoms with van der Waals surface area (Å²) in [6, 6.07) is 5.90. The summed E-state index contributed by atoms with van der Waals surface area (Å²) in [5.41, 5.74) is 2.17. The number of carbonyl (C=O) groups is 1. The maximum Gasteiger partial charge on any atom is 0.339 e. The van der Waals surface area contributed by atoms with E-state index in [9.17, 15) is 9.90 Å². The molecule has 2 atom stereocenters. The van der Waals surface area contributed by atoms with Crippen molar-refractivity contribution in [1.29, 1.82) is 0 Å². The summed E-state index contributed by atoms with van der Waals surface area (Å²) in [6.07, 6.45) is 2.33. The number of hydrogen-bond acceptors (Lipinski definition) is 2. The van der Waals surface area contributed by atoms with E-state index >= 15 is 0 Å². The zero-order chi connectivity index (χ0) is 12.9. The van der Waals surface area contributed by atoms with Crippen molar-refractivity contribution in [3.8, 4) is 0 Å². The van der Waals surface area contributed by atoms with Crippen molar-refractivity contribution < 1.29 is 14.3 Å². The van der Waals surface area contributed by atoms with Crippen LogP contribution in [0.2, 0.25) is 0 Å². The second kappa shape index (κ2) is 3.87. The maximum atomic E-state index is 11.2. The zero-order valence-electron chi connectivity index (χ0n) is 10.6. The van der Waals surface area contributed by atoms with Crippen molar-refractivity contribution in [2.24, 2.45) is 11.8 Å². The van der Waals surface area contributed by atoms with E-state index in [1.165, 1.54) is 12.0 Å². The molecule has 0 aliphatic heterocycles. The average molecular weight is 244 g/mol. The number of aromatic carboxylic acids is 1. The van der Waals surface area contributed by atoms with E-state index in [4.69, 9.17) is 4.42 Å². The molecular formula is C15H16O3.